The first-order valence-electron chi connectivity index (χ1n) is 13.0. The molecule has 1 fully saturated rings. The molecule has 2 aliphatic heterocycles. The van der Waals surface area contributed by atoms with Crippen LogP contribution in [0.5, 0.6) is 5.88 Å². The van der Waals surface area contributed by atoms with Gasteiger partial charge in [-0.3, -0.25) is 0 Å². The average Bonchev–Trinajstić information content (AvgIpc) is 3.40. The van der Waals surface area contributed by atoms with Crippen LogP contribution >= 0.6 is 0 Å². The van der Waals surface area contributed by atoms with Gasteiger partial charge in [-0.1, -0.05) is 18.2 Å². The van der Waals surface area contributed by atoms with Crippen molar-refractivity contribution in [1.29, 1.82) is 0 Å². The summed E-state index contributed by atoms with van der Waals surface area (Å²) in [5, 5.41) is 3.43. The molecule has 0 saturated carbocycles. The number of rotatable bonds is 4. The number of hydrogen-bond acceptors (Lipinski definition) is 6. The van der Waals surface area contributed by atoms with Crippen LogP contribution < -0.4 is 10.1 Å². The van der Waals surface area contributed by atoms with E-state index in [9.17, 15) is 0 Å². The molecule has 1 saturated heterocycles. The summed E-state index contributed by atoms with van der Waals surface area (Å²) in [5.74, 6) is 1.22. The van der Waals surface area contributed by atoms with Crippen LogP contribution in [-0.2, 0) is 12.8 Å². The number of nitrogens with zero attached hydrogens (tertiary/aromatic N) is 4. The second-order valence-corrected chi connectivity index (χ2v) is 9.41. The van der Waals surface area contributed by atoms with Gasteiger partial charge in [0.1, 0.15) is 0 Å². The second kappa shape index (κ2) is 11.9. The van der Waals surface area contributed by atoms with Gasteiger partial charge in [-0.2, -0.15) is 0 Å². The van der Waals surface area contributed by atoms with Gasteiger partial charge < -0.3 is 15.0 Å². The largest absolute Gasteiger partial charge is 0.477 e. The molecule has 0 atom stereocenters. The van der Waals surface area contributed by atoms with Crippen molar-refractivity contribution in [1.82, 2.24) is 19.9 Å². The molecule has 0 spiro atoms. The Bertz CT molecular complexity index is 1140. The summed E-state index contributed by atoms with van der Waals surface area (Å²) in [6.45, 7) is 4.37. The number of ether oxygens (including phenoxy) is 1. The molecule has 0 radical (unpaired) electrons. The molecule has 0 amide bonds. The molecule has 35 heavy (non-hydrogen) atoms. The van der Waals surface area contributed by atoms with Crippen LogP contribution in [0.2, 0.25) is 0 Å². The van der Waals surface area contributed by atoms with Gasteiger partial charge in [-0.25, -0.2) is 15.0 Å². The maximum atomic E-state index is 5.86. The average molecular weight is 470 g/mol. The molecule has 6 bridgehead atoms. The van der Waals surface area contributed by atoms with Crippen LogP contribution in [0.3, 0.4) is 0 Å². The number of allylic oxidation sites excluding steroid dienone is 1. The maximum Gasteiger partial charge on any atom is 0.227 e. The third-order valence-electron chi connectivity index (χ3n) is 6.79. The molecule has 2 aliphatic rings. The number of likely N-dealkylation sites (tertiary alicyclic amines) is 1. The number of hydrogen-bond donors (Lipinski definition) is 1. The number of benzene rings is 1. The summed E-state index contributed by atoms with van der Waals surface area (Å²) >= 11 is 0. The Morgan fingerprint density at radius 2 is 1.80 bits per heavy atom. The molecule has 1 aromatic carbocycles. The van der Waals surface area contributed by atoms with E-state index in [0.29, 0.717) is 18.4 Å². The van der Waals surface area contributed by atoms with Gasteiger partial charge in [0, 0.05) is 29.7 Å². The molecule has 5 rings (SSSR count). The molecule has 1 N–H and O–H groups in total. The van der Waals surface area contributed by atoms with Gasteiger partial charge in [-0.15, -0.1) is 0 Å². The third kappa shape index (κ3) is 6.67. The highest BCUT2D eigenvalue weighted by Gasteiger charge is 2.12. The fourth-order valence-electron chi connectivity index (χ4n) is 4.91. The van der Waals surface area contributed by atoms with E-state index < -0.39 is 0 Å². The lowest BCUT2D eigenvalue weighted by molar-refractivity contribution is 0.312. The van der Waals surface area contributed by atoms with Crippen LogP contribution in [0.15, 0.2) is 60.9 Å². The lowest BCUT2D eigenvalue weighted by Crippen LogP contribution is -2.20. The number of aromatic nitrogens is 3. The highest BCUT2D eigenvalue weighted by molar-refractivity contribution is 5.63. The summed E-state index contributed by atoms with van der Waals surface area (Å²) < 4.78 is 5.86. The van der Waals surface area contributed by atoms with E-state index in [2.05, 4.69) is 50.5 Å². The van der Waals surface area contributed by atoms with Gasteiger partial charge in [0.2, 0.25) is 11.8 Å². The number of aryl methyl sites for hydroxylation is 2. The van der Waals surface area contributed by atoms with E-state index in [-0.39, 0.29) is 0 Å². The van der Waals surface area contributed by atoms with Gasteiger partial charge in [0.25, 0.3) is 0 Å². The first-order valence-corrected chi connectivity index (χ1v) is 13.0. The SMILES string of the molecule is C1=C/CCOc2cc(ccn2)-c2ccnc(n2)Nc2ccc(CCCN3CCCC3)c(c2)CCC/1. The van der Waals surface area contributed by atoms with Gasteiger partial charge >= 0.3 is 0 Å². The fourth-order valence-corrected chi connectivity index (χ4v) is 4.91. The van der Waals surface area contributed by atoms with E-state index in [1.54, 1.807) is 12.4 Å². The number of anilines is 2. The molecule has 6 nitrogen and oxygen atoms in total. The normalized spacial score (nSPS) is 17.6. The van der Waals surface area contributed by atoms with Crippen molar-refractivity contribution < 1.29 is 4.74 Å². The summed E-state index contributed by atoms with van der Waals surface area (Å²) in [5.41, 5.74) is 5.75. The topological polar surface area (TPSA) is 63.2 Å². The monoisotopic (exact) mass is 469 g/mol. The maximum absolute atomic E-state index is 5.86. The first kappa shape index (κ1) is 23.5. The molecule has 6 heteroatoms. The first-order chi connectivity index (χ1) is 17.3. The minimum atomic E-state index is 0.596. The lowest BCUT2D eigenvalue weighted by Gasteiger charge is -2.16. The van der Waals surface area contributed by atoms with Crippen molar-refractivity contribution in [3.63, 3.8) is 0 Å². The molecule has 3 aromatic rings. The molecule has 0 unspecified atom stereocenters. The van der Waals surface area contributed by atoms with Crippen LogP contribution in [0.1, 0.15) is 49.7 Å². The molecule has 4 heterocycles. The number of pyridine rings is 1. The van der Waals surface area contributed by atoms with E-state index >= 15 is 0 Å². The molecular weight excluding hydrogens is 434 g/mol. The summed E-state index contributed by atoms with van der Waals surface area (Å²) in [6.07, 6.45) is 17.3. The van der Waals surface area contributed by atoms with E-state index in [1.807, 2.05) is 18.2 Å². The number of fused-ring (bicyclic) bond motifs is 7. The van der Waals surface area contributed by atoms with Crippen LogP contribution in [0.25, 0.3) is 11.3 Å². The lowest BCUT2D eigenvalue weighted by atomic mass is 9.97. The van der Waals surface area contributed by atoms with Gasteiger partial charge in [0.15, 0.2) is 0 Å². The molecule has 182 valence electrons. The van der Waals surface area contributed by atoms with E-state index in [4.69, 9.17) is 9.72 Å². The summed E-state index contributed by atoms with van der Waals surface area (Å²) in [4.78, 5) is 16.2. The highest BCUT2D eigenvalue weighted by atomic mass is 16.5. The van der Waals surface area contributed by atoms with E-state index in [1.165, 1.54) is 50.0 Å². The highest BCUT2D eigenvalue weighted by Crippen LogP contribution is 2.25. The van der Waals surface area contributed by atoms with Crippen molar-refractivity contribution >= 4 is 11.6 Å². The molecule has 0 aliphatic carbocycles. The predicted octanol–water partition coefficient (Wildman–Crippen LogP) is 5.97. The zero-order chi connectivity index (χ0) is 23.7. The van der Waals surface area contributed by atoms with Crippen molar-refractivity contribution in [2.75, 3.05) is 31.6 Å². The zero-order valence-electron chi connectivity index (χ0n) is 20.5. The van der Waals surface area contributed by atoms with Crippen LogP contribution in [-0.4, -0.2) is 46.1 Å². The quantitative estimate of drug-likeness (QED) is 0.475. The van der Waals surface area contributed by atoms with Crippen LogP contribution in [0.4, 0.5) is 11.6 Å². The van der Waals surface area contributed by atoms with Crippen molar-refractivity contribution in [3.8, 4) is 17.1 Å². The van der Waals surface area contributed by atoms with Gasteiger partial charge in [-0.05, 0) is 106 Å². The number of nitrogens with one attached hydrogen (secondary N) is 1. The minimum absolute atomic E-state index is 0.596. The Hall–Kier alpha value is -3.25. The smallest absolute Gasteiger partial charge is 0.227 e. The fraction of sp³-hybridized carbons (Fsp3) is 0.414. The minimum Gasteiger partial charge on any atom is -0.477 e. The Morgan fingerprint density at radius 1 is 0.914 bits per heavy atom. The molecule has 2 aromatic heterocycles. The standard InChI is InChI=1S/C29H35N5O/c1-2-4-9-24-21-26(12-11-23(24)10-8-19-34-17-5-6-18-34)32-29-31-16-14-27(33-29)25-13-15-30-28(22-25)35-20-7-3-1/h1,3,11-16,21-22H,2,4-10,17-20H2,(H,31,32,33)/b3-1+. The van der Waals surface area contributed by atoms with Crippen molar-refractivity contribution in [3.05, 3.63) is 72.1 Å². The molecular formula is C29H35N5O. The predicted molar refractivity (Wildman–Crippen MR) is 141 cm³/mol. The van der Waals surface area contributed by atoms with Crippen molar-refractivity contribution in [2.24, 2.45) is 0 Å². The Balaban J connectivity index is 1.37. The third-order valence-corrected chi connectivity index (χ3v) is 6.79. The Labute approximate surface area is 208 Å². The Morgan fingerprint density at radius 3 is 2.74 bits per heavy atom. The summed E-state index contributed by atoms with van der Waals surface area (Å²) in [7, 11) is 0. The van der Waals surface area contributed by atoms with Crippen molar-refractivity contribution in [2.45, 2.75) is 51.4 Å². The Kier molecular flexibility index (Phi) is 8.01. The van der Waals surface area contributed by atoms with E-state index in [0.717, 1.165) is 49.0 Å². The second-order valence-electron chi connectivity index (χ2n) is 9.41. The van der Waals surface area contributed by atoms with Gasteiger partial charge in [0.05, 0.1) is 12.3 Å². The summed E-state index contributed by atoms with van der Waals surface area (Å²) in [6, 6.07) is 12.6. The zero-order valence-corrected chi connectivity index (χ0v) is 20.5. The van der Waals surface area contributed by atoms with Crippen LogP contribution in [0, 0.1) is 0 Å².